The lowest BCUT2D eigenvalue weighted by molar-refractivity contribution is 0.624. The van der Waals surface area contributed by atoms with Crippen molar-refractivity contribution in [3.63, 3.8) is 0 Å². The molecular weight excluding hydrogens is 597 g/mol. The van der Waals surface area contributed by atoms with Crippen LogP contribution in [0.3, 0.4) is 0 Å². The fraction of sp³-hybridized carbons (Fsp3) is 0.156. The molecule has 0 N–H and O–H groups in total. The number of hydrogen-bond donors (Lipinski definition) is 0. The van der Waals surface area contributed by atoms with E-state index in [4.69, 9.17) is 9.97 Å². The molecule has 0 aliphatic heterocycles. The standard InChI is InChI=1S/C45H38N4/c1-29(2)48-41-25-11-9-23-39(41)46-43(48)31-15-13-17-33(27-31)45(37-21-7-5-19-35(37)36-20-6-8-22-38(36)45)34-18-14-16-32(28-34)44-47-40-24-10-12-26-42(40)49(44)30(3)4/h5-30H,1-4H3. The van der Waals surface area contributed by atoms with E-state index in [0.717, 1.165) is 44.8 Å². The first kappa shape index (κ1) is 29.4. The highest BCUT2D eigenvalue weighted by atomic mass is 15.1. The van der Waals surface area contributed by atoms with Crippen molar-refractivity contribution in [2.24, 2.45) is 0 Å². The predicted octanol–water partition coefficient (Wildman–Crippen LogP) is 11.2. The van der Waals surface area contributed by atoms with E-state index in [0.29, 0.717) is 0 Å². The van der Waals surface area contributed by atoms with Gasteiger partial charge in [-0.2, -0.15) is 0 Å². The van der Waals surface area contributed by atoms with E-state index in [9.17, 15) is 0 Å². The predicted molar refractivity (Wildman–Crippen MR) is 202 cm³/mol. The van der Waals surface area contributed by atoms with Gasteiger partial charge in [-0.05, 0) is 97.5 Å². The molecule has 49 heavy (non-hydrogen) atoms. The van der Waals surface area contributed by atoms with E-state index in [1.54, 1.807) is 0 Å². The lowest BCUT2D eigenvalue weighted by Crippen LogP contribution is -2.28. The summed E-state index contributed by atoms with van der Waals surface area (Å²) in [6.45, 7) is 8.95. The molecule has 0 saturated carbocycles. The summed E-state index contributed by atoms with van der Waals surface area (Å²) < 4.78 is 4.74. The van der Waals surface area contributed by atoms with Crippen molar-refractivity contribution in [3.05, 3.63) is 168 Å². The number of para-hydroxylation sites is 4. The third-order valence-corrected chi connectivity index (χ3v) is 10.3. The number of aromatic nitrogens is 4. The Kier molecular flexibility index (Phi) is 6.70. The Morgan fingerprint density at radius 3 is 1.31 bits per heavy atom. The zero-order valence-electron chi connectivity index (χ0n) is 28.3. The third-order valence-electron chi connectivity index (χ3n) is 10.3. The van der Waals surface area contributed by atoms with Crippen LogP contribution in [0.25, 0.3) is 56.0 Å². The first-order valence-corrected chi connectivity index (χ1v) is 17.3. The fourth-order valence-corrected chi connectivity index (χ4v) is 8.35. The molecule has 0 radical (unpaired) electrons. The molecule has 1 aliphatic carbocycles. The molecule has 0 atom stereocenters. The molecule has 1 aliphatic rings. The lowest BCUT2D eigenvalue weighted by atomic mass is 9.67. The molecule has 0 unspecified atom stereocenters. The smallest absolute Gasteiger partial charge is 0.141 e. The van der Waals surface area contributed by atoms with Gasteiger partial charge in [-0.15, -0.1) is 0 Å². The van der Waals surface area contributed by atoms with Crippen LogP contribution in [0.1, 0.15) is 62.0 Å². The van der Waals surface area contributed by atoms with Gasteiger partial charge < -0.3 is 9.13 Å². The molecule has 2 aromatic heterocycles. The maximum atomic E-state index is 5.21. The Morgan fingerprint density at radius 1 is 0.449 bits per heavy atom. The monoisotopic (exact) mass is 634 g/mol. The maximum Gasteiger partial charge on any atom is 0.141 e. The van der Waals surface area contributed by atoms with Gasteiger partial charge >= 0.3 is 0 Å². The van der Waals surface area contributed by atoms with Gasteiger partial charge in [0, 0.05) is 23.2 Å². The highest BCUT2D eigenvalue weighted by Crippen LogP contribution is 2.56. The van der Waals surface area contributed by atoms with Gasteiger partial charge in [-0.1, -0.05) is 109 Å². The molecule has 4 nitrogen and oxygen atoms in total. The van der Waals surface area contributed by atoms with E-state index < -0.39 is 5.41 Å². The zero-order chi connectivity index (χ0) is 33.3. The lowest BCUT2D eigenvalue weighted by Gasteiger charge is -2.34. The van der Waals surface area contributed by atoms with Crippen molar-refractivity contribution in [2.75, 3.05) is 0 Å². The third kappa shape index (κ3) is 4.30. The van der Waals surface area contributed by atoms with Crippen molar-refractivity contribution < 1.29 is 0 Å². The van der Waals surface area contributed by atoms with E-state index in [1.165, 1.54) is 33.4 Å². The van der Waals surface area contributed by atoms with Crippen LogP contribution in [0, 0.1) is 0 Å². The molecule has 9 rings (SSSR count). The quantitative estimate of drug-likeness (QED) is 0.182. The fourth-order valence-electron chi connectivity index (χ4n) is 8.35. The largest absolute Gasteiger partial charge is 0.321 e. The second kappa shape index (κ2) is 11.2. The van der Waals surface area contributed by atoms with Crippen LogP contribution < -0.4 is 0 Å². The average Bonchev–Trinajstić information content (AvgIpc) is 3.81. The highest BCUT2D eigenvalue weighted by molar-refractivity contribution is 5.88. The molecule has 4 heteroatoms. The molecule has 2 heterocycles. The Bertz CT molecular complexity index is 2350. The van der Waals surface area contributed by atoms with Crippen molar-refractivity contribution in [2.45, 2.75) is 45.2 Å². The van der Waals surface area contributed by atoms with Crippen molar-refractivity contribution >= 4 is 22.1 Å². The number of rotatable bonds is 6. The Hall–Kier alpha value is -5.74. The normalized spacial score (nSPS) is 13.4. The number of benzene rings is 6. The Labute approximate surface area is 287 Å². The van der Waals surface area contributed by atoms with E-state index in [-0.39, 0.29) is 12.1 Å². The van der Waals surface area contributed by atoms with Crippen LogP contribution >= 0.6 is 0 Å². The molecule has 238 valence electrons. The highest BCUT2D eigenvalue weighted by Gasteiger charge is 2.46. The van der Waals surface area contributed by atoms with Crippen molar-refractivity contribution in [1.82, 2.24) is 19.1 Å². The molecule has 0 fully saturated rings. The van der Waals surface area contributed by atoms with Crippen LogP contribution in [-0.4, -0.2) is 19.1 Å². The first-order chi connectivity index (χ1) is 24.0. The Balaban J connectivity index is 1.34. The summed E-state index contributed by atoms with van der Waals surface area (Å²) in [7, 11) is 0. The second-order valence-electron chi connectivity index (χ2n) is 13.8. The summed E-state index contributed by atoms with van der Waals surface area (Å²) in [6.07, 6.45) is 0. The van der Waals surface area contributed by atoms with Crippen LogP contribution in [0.2, 0.25) is 0 Å². The second-order valence-corrected chi connectivity index (χ2v) is 13.8. The van der Waals surface area contributed by atoms with Gasteiger partial charge in [0.25, 0.3) is 0 Å². The van der Waals surface area contributed by atoms with Gasteiger partial charge in [0.05, 0.1) is 27.5 Å². The van der Waals surface area contributed by atoms with Crippen LogP contribution in [0.5, 0.6) is 0 Å². The molecule has 0 amide bonds. The van der Waals surface area contributed by atoms with Gasteiger partial charge in [0.2, 0.25) is 0 Å². The van der Waals surface area contributed by atoms with Gasteiger partial charge in [0.15, 0.2) is 0 Å². The van der Waals surface area contributed by atoms with Crippen molar-refractivity contribution in [3.8, 4) is 33.9 Å². The minimum Gasteiger partial charge on any atom is -0.321 e. The van der Waals surface area contributed by atoms with Crippen LogP contribution in [0.15, 0.2) is 146 Å². The summed E-state index contributed by atoms with van der Waals surface area (Å²) in [4.78, 5) is 10.4. The molecule has 0 saturated heterocycles. The van der Waals surface area contributed by atoms with E-state index in [1.807, 2.05) is 0 Å². The number of nitrogens with zero attached hydrogens (tertiary/aromatic N) is 4. The minimum atomic E-state index is -0.553. The van der Waals surface area contributed by atoms with Gasteiger partial charge in [-0.3, -0.25) is 0 Å². The Morgan fingerprint density at radius 2 is 0.857 bits per heavy atom. The summed E-state index contributed by atoms with van der Waals surface area (Å²) in [5.74, 6) is 1.99. The van der Waals surface area contributed by atoms with Crippen LogP contribution in [-0.2, 0) is 5.41 Å². The van der Waals surface area contributed by atoms with Crippen LogP contribution in [0.4, 0.5) is 0 Å². The van der Waals surface area contributed by atoms with Crippen molar-refractivity contribution in [1.29, 1.82) is 0 Å². The molecule has 0 bridgehead atoms. The molecule has 8 aromatic rings. The SMILES string of the molecule is CC(C)n1c(-c2cccc(C3(c4cccc(-c5nc6ccccc6n5C(C)C)c4)c4ccccc4-c4ccccc43)c2)nc2ccccc21. The summed E-state index contributed by atoms with van der Waals surface area (Å²) >= 11 is 0. The van der Waals surface area contributed by atoms with Gasteiger partial charge in [0.1, 0.15) is 11.6 Å². The average molecular weight is 635 g/mol. The van der Waals surface area contributed by atoms with Gasteiger partial charge in [-0.25, -0.2) is 9.97 Å². The number of fused-ring (bicyclic) bond motifs is 5. The maximum absolute atomic E-state index is 5.21. The molecule has 0 spiro atoms. The molecular formula is C45H38N4. The van der Waals surface area contributed by atoms with E-state index in [2.05, 4.69) is 182 Å². The first-order valence-electron chi connectivity index (χ1n) is 17.3. The topological polar surface area (TPSA) is 35.6 Å². The summed E-state index contributed by atoms with van der Waals surface area (Å²) in [6, 6.07) is 53.6. The number of imidazole rings is 2. The van der Waals surface area contributed by atoms with E-state index >= 15 is 0 Å². The summed E-state index contributed by atoms with van der Waals surface area (Å²) in [5.41, 5.74) is 13.6. The number of hydrogen-bond acceptors (Lipinski definition) is 2. The zero-order valence-corrected chi connectivity index (χ0v) is 28.3. The molecule has 6 aromatic carbocycles. The summed E-state index contributed by atoms with van der Waals surface area (Å²) in [5, 5.41) is 0. The minimum absolute atomic E-state index is 0.254.